The molecule has 0 aliphatic rings. The molecule has 0 saturated heterocycles. The Morgan fingerprint density at radius 2 is 1.90 bits per heavy atom. The summed E-state index contributed by atoms with van der Waals surface area (Å²) >= 11 is 6.94. The molecular weight excluding hydrogens is 380 g/mol. The lowest BCUT2D eigenvalue weighted by Gasteiger charge is -2.20. The van der Waals surface area contributed by atoms with Crippen LogP contribution in [-0.4, -0.2) is 11.5 Å². The fraction of sp³-hybridized carbons (Fsp3) is 0.312. The van der Waals surface area contributed by atoms with Crippen molar-refractivity contribution < 1.29 is 0 Å². The molecule has 2 aromatic rings. The third kappa shape index (κ3) is 4.14. The number of halogens is 2. The summed E-state index contributed by atoms with van der Waals surface area (Å²) in [6.45, 7) is 5.23. The van der Waals surface area contributed by atoms with Gasteiger partial charge in [-0.2, -0.15) is 0 Å². The van der Waals surface area contributed by atoms with Gasteiger partial charge in [-0.25, -0.2) is 0 Å². The molecule has 0 bridgehead atoms. The van der Waals surface area contributed by atoms with E-state index in [4.69, 9.17) is 0 Å². The molecule has 0 amide bonds. The Morgan fingerprint density at radius 1 is 1.15 bits per heavy atom. The first-order chi connectivity index (χ1) is 9.60. The normalized spacial score (nSPS) is 12.4. The molecule has 106 valence electrons. The first-order valence-corrected chi connectivity index (χ1v) is 8.28. The molecule has 0 aliphatic carbocycles. The van der Waals surface area contributed by atoms with E-state index < -0.39 is 0 Å². The van der Waals surface area contributed by atoms with Crippen molar-refractivity contribution in [2.45, 2.75) is 26.3 Å². The standard InChI is InChI=1S/C16H18Br2N2/c1-3-19-16(9-14-6-4-13(18)10-20-14)15-7-5-12(17)8-11(15)2/h4-8,10,16,19H,3,9H2,1-2H3. The van der Waals surface area contributed by atoms with E-state index >= 15 is 0 Å². The lowest BCUT2D eigenvalue weighted by molar-refractivity contribution is 0.541. The summed E-state index contributed by atoms with van der Waals surface area (Å²) in [6.07, 6.45) is 2.75. The molecule has 4 heteroatoms. The highest BCUT2D eigenvalue weighted by Gasteiger charge is 2.14. The summed E-state index contributed by atoms with van der Waals surface area (Å²) in [5.41, 5.74) is 3.73. The summed E-state index contributed by atoms with van der Waals surface area (Å²) in [5, 5.41) is 3.56. The zero-order valence-electron chi connectivity index (χ0n) is 11.7. The first-order valence-electron chi connectivity index (χ1n) is 6.70. The van der Waals surface area contributed by atoms with Crippen molar-refractivity contribution in [2.24, 2.45) is 0 Å². The fourth-order valence-electron chi connectivity index (χ4n) is 2.30. The minimum Gasteiger partial charge on any atom is -0.310 e. The van der Waals surface area contributed by atoms with Crippen molar-refractivity contribution in [3.05, 3.63) is 62.3 Å². The molecule has 0 aliphatic heterocycles. The lowest BCUT2D eigenvalue weighted by atomic mass is 9.97. The molecule has 0 saturated carbocycles. The van der Waals surface area contributed by atoms with Gasteiger partial charge in [0.05, 0.1) is 0 Å². The van der Waals surface area contributed by atoms with Gasteiger partial charge < -0.3 is 5.32 Å². The molecule has 0 spiro atoms. The summed E-state index contributed by atoms with van der Waals surface area (Å²) in [7, 11) is 0. The Morgan fingerprint density at radius 3 is 2.50 bits per heavy atom. The van der Waals surface area contributed by atoms with E-state index in [0.717, 1.165) is 27.6 Å². The molecular formula is C16H18Br2N2. The second kappa shape index (κ2) is 7.34. The van der Waals surface area contributed by atoms with Crippen LogP contribution in [0.4, 0.5) is 0 Å². The number of likely N-dealkylation sites (N-methyl/N-ethyl adjacent to an activating group) is 1. The number of rotatable bonds is 5. The lowest BCUT2D eigenvalue weighted by Crippen LogP contribution is -2.24. The van der Waals surface area contributed by atoms with Crippen LogP contribution in [0, 0.1) is 6.92 Å². The van der Waals surface area contributed by atoms with Crippen LogP contribution in [0.2, 0.25) is 0 Å². The van der Waals surface area contributed by atoms with Crippen LogP contribution in [0.5, 0.6) is 0 Å². The number of hydrogen-bond acceptors (Lipinski definition) is 2. The van der Waals surface area contributed by atoms with Crippen LogP contribution >= 0.6 is 31.9 Å². The smallest absolute Gasteiger partial charge is 0.0423 e. The highest BCUT2D eigenvalue weighted by Crippen LogP contribution is 2.24. The number of nitrogens with zero attached hydrogens (tertiary/aromatic N) is 1. The molecule has 0 radical (unpaired) electrons. The van der Waals surface area contributed by atoms with E-state index in [1.165, 1.54) is 11.1 Å². The van der Waals surface area contributed by atoms with E-state index in [1.54, 1.807) is 0 Å². The van der Waals surface area contributed by atoms with E-state index in [9.17, 15) is 0 Å². The van der Waals surface area contributed by atoms with Gasteiger partial charge >= 0.3 is 0 Å². The van der Waals surface area contributed by atoms with Crippen LogP contribution in [0.25, 0.3) is 0 Å². The van der Waals surface area contributed by atoms with Crippen LogP contribution in [0.3, 0.4) is 0 Å². The van der Waals surface area contributed by atoms with E-state index in [-0.39, 0.29) is 0 Å². The second-order valence-electron chi connectivity index (χ2n) is 4.78. The predicted molar refractivity (Wildman–Crippen MR) is 90.9 cm³/mol. The summed E-state index contributed by atoms with van der Waals surface area (Å²) in [4.78, 5) is 4.48. The Bertz CT molecular complexity index is 567. The van der Waals surface area contributed by atoms with Crippen LogP contribution in [-0.2, 0) is 6.42 Å². The third-order valence-corrected chi connectivity index (χ3v) is 4.22. The first kappa shape index (κ1) is 15.7. The van der Waals surface area contributed by atoms with Gasteiger partial charge in [-0.3, -0.25) is 4.98 Å². The number of aryl methyl sites for hydroxylation is 1. The molecule has 1 aromatic carbocycles. The van der Waals surface area contributed by atoms with Crippen molar-refractivity contribution in [2.75, 3.05) is 6.54 Å². The highest BCUT2D eigenvalue weighted by atomic mass is 79.9. The molecule has 1 N–H and O–H groups in total. The monoisotopic (exact) mass is 396 g/mol. The molecule has 20 heavy (non-hydrogen) atoms. The van der Waals surface area contributed by atoms with E-state index in [1.807, 2.05) is 12.3 Å². The zero-order valence-corrected chi connectivity index (χ0v) is 14.8. The molecule has 1 heterocycles. The Labute approximate surface area is 137 Å². The number of benzene rings is 1. The SMILES string of the molecule is CCNC(Cc1ccc(Br)cn1)c1ccc(Br)cc1C. The van der Waals surface area contributed by atoms with Crippen molar-refractivity contribution in [3.8, 4) is 0 Å². The average molecular weight is 398 g/mol. The maximum Gasteiger partial charge on any atom is 0.0423 e. The average Bonchev–Trinajstić information content (AvgIpc) is 2.41. The Hall–Kier alpha value is -0.710. The van der Waals surface area contributed by atoms with Crippen LogP contribution < -0.4 is 5.32 Å². The quantitative estimate of drug-likeness (QED) is 0.782. The van der Waals surface area contributed by atoms with Gasteiger partial charge in [0.25, 0.3) is 0 Å². The summed E-state index contributed by atoms with van der Waals surface area (Å²) < 4.78 is 2.14. The third-order valence-electron chi connectivity index (χ3n) is 3.26. The fourth-order valence-corrected chi connectivity index (χ4v) is 3.01. The second-order valence-corrected chi connectivity index (χ2v) is 6.61. The molecule has 2 rings (SSSR count). The van der Waals surface area contributed by atoms with Crippen molar-refractivity contribution in [3.63, 3.8) is 0 Å². The topological polar surface area (TPSA) is 24.9 Å². The van der Waals surface area contributed by atoms with Gasteiger partial charge in [0.1, 0.15) is 0 Å². The van der Waals surface area contributed by atoms with Gasteiger partial charge in [0.2, 0.25) is 0 Å². The number of hydrogen-bond donors (Lipinski definition) is 1. The maximum absolute atomic E-state index is 4.48. The van der Waals surface area contributed by atoms with Gasteiger partial charge in [-0.05, 0) is 64.8 Å². The molecule has 1 aromatic heterocycles. The van der Waals surface area contributed by atoms with Crippen LogP contribution in [0.15, 0.2) is 45.5 Å². The molecule has 1 atom stereocenters. The molecule has 1 unspecified atom stereocenters. The molecule has 0 fully saturated rings. The van der Waals surface area contributed by atoms with E-state index in [0.29, 0.717) is 6.04 Å². The Kier molecular flexibility index (Phi) is 5.75. The predicted octanol–water partition coefficient (Wildman–Crippen LogP) is 4.81. The Balaban J connectivity index is 2.24. The minimum atomic E-state index is 0.293. The maximum atomic E-state index is 4.48. The van der Waals surface area contributed by atoms with E-state index in [2.05, 4.69) is 80.3 Å². The summed E-state index contributed by atoms with van der Waals surface area (Å²) in [6, 6.07) is 10.9. The summed E-state index contributed by atoms with van der Waals surface area (Å²) in [5.74, 6) is 0. The largest absolute Gasteiger partial charge is 0.310 e. The number of pyridine rings is 1. The molecule has 2 nitrogen and oxygen atoms in total. The highest BCUT2D eigenvalue weighted by molar-refractivity contribution is 9.10. The number of aromatic nitrogens is 1. The van der Waals surface area contributed by atoms with Gasteiger partial charge in [0.15, 0.2) is 0 Å². The zero-order chi connectivity index (χ0) is 14.5. The van der Waals surface area contributed by atoms with Gasteiger partial charge in [0, 0.05) is 33.3 Å². The minimum absolute atomic E-state index is 0.293. The van der Waals surface area contributed by atoms with Crippen LogP contribution in [0.1, 0.15) is 29.8 Å². The van der Waals surface area contributed by atoms with Gasteiger partial charge in [-0.1, -0.05) is 28.9 Å². The van der Waals surface area contributed by atoms with Gasteiger partial charge in [-0.15, -0.1) is 0 Å². The van der Waals surface area contributed by atoms with Crippen molar-refractivity contribution in [1.29, 1.82) is 0 Å². The van der Waals surface area contributed by atoms with Crippen molar-refractivity contribution in [1.82, 2.24) is 10.3 Å². The number of nitrogens with one attached hydrogen (secondary N) is 1. The van der Waals surface area contributed by atoms with Crippen molar-refractivity contribution >= 4 is 31.9 Å².